The van der Waals surface area contributed by atoms with E-state index in [2.05, 4.69) is 10.2 Å². The van der Waals surface area contributed by atoms with Gasteiger partial charge in [-0.3, -0.25) is 14.4 Å². The van der Waals surface area contributed by atoms with Crippen LogP contribution in [0.3, 0.4) is 0 Å². The average Bonchev–Trinajstić information content (AvgIpc) is 3.23. The maximum Gasteiger partial charge on any atom is 0.262 e. The number of Topliss-reactive ketones (excluding diaryl/α,β-unsaturated/α-hetero) is 1. The van der Waals surface area contributed by atoms with Gasteiger partial charge in [-0.15, -0.1) is 0 Å². The summed E-state index contributed by atoms with van der Waals surface area (Å²) >= 11 is 0. The molecule has 2 N–H and O–H groups in total. The largest absolute Gasteiger partial charge is 0.321 e. The van der Waals surface area contributed by atoms with Crippen molar-refractivity contribution < 1.29 is 22.8 Å². The Labute approximate surface area is 164 Å². The van der Waals surface area contributed by atoms with Crippen molar-refractivity contribution in [3.8, 4) is 0 Å². The van der Waals surface area contributed by atoms with Gasteiger partial charge in [-0.2, -0.15) is 0 Å². The van der Waals surface area contributed by atoms with E-state index in [4.69, 9.17) is 0 Å². The highest BCUT2D eigenvalue weighted by atomic mass is 32.2. The van der Waals surface area contributed by atoms with Crippen LogP contribution in [0.5, 0.6) is 0 Å². The van der Waals surface area contributed by atoms with Crippen molar-refractivity contribution in [2.75, 3.05) is 12.4 Å². The Kier molecular flexibility index (Phi) is 6.23. The number of carbonyl (C=O) groups is 2. The molecule has 1 aliphatic rings. The van der Waals surface area contributed by atoms with Crippen LogP contribution < -0.4 is 10.2 Å². The monoisotopic (exact) mass is 402 g/mol. The minimum atomic E-state index is -3.79. The molecule has 1 saturated carbocycles. The summed E-state index contributed by atoms with van der Waals surface area (Å²) in [6.07, 6.45) is 3.87. The third-order valence-electron chi connectivity index (χ3n) is 4.79. The summed E-state index contributed by atoms with van der Waals surface area (Å²) < 4.78 is 23.8. The summed E-state index contributed by atoms with van der Waals surface area (Å²) in [4.78, 5) is 31.7. The lowest BCUT2D eigenvalue weighted by Gasteiger charge is -2.13. The highest BCUT2D eigenvalue weighted by Crippen LogP contribution is 2.30. The fourth-order valence-corrected chi connectivity index (χ4v) is 4.16. The van der Waals surface area contributed by atoms with E-state index in [-0.39, 0.29) is 22.2 Å². The molecule has 1 aliphatic carbocycles. The van der Waals surface area contributed by atoms with Crippen molar-refractivity contribution in [3.63, 3.8) is 0 Å². The standard InChI is InChI=1S/C20H22N2O5S/c1-27-22-28(25,26)16-12-10-15(11-13-16)20(24)21-18-9-5-4-8-17(18)19(23)14-6-2-3-7-14/h4-5,8-14,22H,2-3,6-7H2,1H3,(H,21,24). The quantitative estimate of drug-likeness (QED) is 0.547. The molecule has 1 fully saturated rings. The summed E-state index contributed by atoms with van der Waals surface area (Å²) in [6.45, 7) is 0. The van der Waals surface area contributed by atoms with Gasteiger partial charge in [0.15, 0.2) is 5.78 Å². The second kappa shape index (κ2) is 8.64. The van der Waals surface area contributed by atoms with Crippen LogP contribution in [0.2, 0.25) is 0 Å². The lowest BCUT2D eigenvalue weighted by atomic mass is 9.95. The third kappa shape index (κ3) is 4.46. The number of hydrogen-bond donors (Lipinski definition) is 2. The van der Waals surface area contributed by atoms with Gasteiger partial charge in [0.05, 0.1) is 17.7 Å². The van der Waals surface area contributed by atoms with Gasteiger partial charge >= 0.3 is 0 Å². The van der Waals surface area contributed by atoms with Gasteiger partial charge in [-0.05, 0) is 49.2 Å². The summed E-state index contributed by atoms with van der Waals surface area (Å²) in [6, 6.07) is 12.4. The van der Waals surface area contributed by atoms with E-state index in [1.165, 1.54) is 31.4 Å². The van der Waals surface area contributed by atoms with Crippen LogP contribution in [0.4, 0.5) is 5.69 Å². The lowest BCUT2D eigenvalue weighted by Crippen LogP contribution is -2.22. The molecule has 3 rings (SSSR count). The van der Waals surface area contributed by atoms with E-state index in [9.17, 15) is 18.0 Å². The first-order valence-electron chi connectivity index (χ1n) is 9.02. The topological polar surface area (TPSA) is 102 Å². The van der Waals surface area contributed by atoms with Crippen LogP contribution in [-0.2, 0) is 14.9 Å². The molecule has 0 spiro atoms. The average molecular weight is 402 g/mol. The minimum absolute atomic E-state index is 0.0100. The van der Waals surface area contributed by atoms with Gasteiger partial charge in [0.2, 0.25) is 0 Å². The Morgan fingerprint density at radius 1 is 1.00 bits per heavy atom. The lowest BCUT2D eigenvalue weighted by molar-refractivity contribution is 0.0923. The smallest absolute Gasteiger partial charge is 0.262 e. The molecule has 7 nitrogen and oxygen atoms in total. The number of nitrogens with one attached hydrogen (secondary N) is 2. The third-order valence-corrected chi connectivity index (χ3v) is 6.07. The predicted molar refractivity (Wildman–Crippen MR) is 104 cm³/mol. The summed E-state index contributed by atoms with van der Waals surface area (Å²) in [5.74, 6) is -0.355. The van der Waals surface area contributed by atoms with Crippen molar-refractivity contribution in [2.24, 2.45) is 5.92 Å². The number of anilines is 1. The molecule has 0 bridgehead atoms. The van der Waals surface area contributed by atoms with E-state index in [0.29, 0.717) is 11.3 Å². The Bertz CT molecular complexity index is 964. The number of hydrogen-bond acceptors (Lipinski definition) is 5. The molecule has 0 saturated heterocycles. The normalized spacial score (nSPS) is 14.8. The van der Waals surface area contributed by atoms with Gasteiger partial charge in [-0.1, -0.05) is 29.9 Å². The number of benzene rings is 2. The van der Waals surface area contributed by atoms with Gasteiger partial charge in [-0.25, -0.2) is 8.42 Å². The molecule has 2 aromatic rings. The fourth-order valence-electron chi connectivity index (χ4n) is 3.35. The van der Waals surface area contributed by atoms with Gasteiger partial charge in [0, 0.05) is 17.0 Å². The van der Waals surface area contributed by atoms with E-state index in [1.54, 1.807) is 24.3 Å². The molecule has 148 valence electrons. The summed E-state index contributed by atoms with van der Waals surface area (Å²) in [5, 5.41) is 2.77. The maximum absolute atomic E-state index is 12.8. The number of ketones is 1. The van der Waals surface area contributed by atoms with Crippen LogP contribution in [0, 0.1) is 5.92 Å². The number of amides is 1. The molecular formula is C20H22N2O5S. The Balaban J connectivity index is 1.77. The minimum Gasteiger partial charge on any atom is -0.321 e. The van der Waals surface area contributed by atoms with Gasteiger partial charge in [0.1, 0.15) is 0 Å². The highest BCUT2D eigenvalue weighted by Gasteiger charge is 2.26. The molecular weight excluding hydrogens is 380 g/mol. The first kappa shape index (κ1) is 20.2. The molecule has 0 aliphatic heterocycles. The van der Waals surface area contributed by atoms with Crippen LogP contribution >= 0.6 is 0 Å². The van der Waals surface area contributed by atoms with Crippen LogP contribution in [-0.4, -0.2) is 27.2 Å². The molecule has 0 unspecified atom stereocenters. The zero-order valence-electron chi connectivity index (χ0n) is 15.5. The molecule has 2 aromatic carbocycles. The van der Waals surface area contributed by atoms with Crippen molar-refractivity contribution in [1.82, 2.24) is 4.89 Å². The molecule has 8 heteroatoms. The van der Waals surface area contributed by atoms with Crippen LogP contribution in [0.1, 0.15) is 46.4 Å². The number of sulfonamides is 1. The predicted octanol–water partition coefficient (Wildman–Crippen LogP) is 3.15. The van der Waals surface area contributed by atoms with Crippen molar-refractivity contribution in [2.45, 2.75) is 30.6 Å². The van der Waals surface area contributed by atoms with E-state index in [0.717, 1.165) is 25.7 Å². The highest BCUT2D eigenvalue weighted by molar-refractivity contribution is 7.89. The van der Waals surface area contributed by atoms with Gasteiger partial charge in [0.25, 0.3) is 15.9 Å². The summed E-state index contributed by atoms with van der Waals surface area (Å²) in [5.41, 5.74) is 1.24. The van der Waals surface area contributed by atoms with Gasteiger partial charge < -0.3 is 5.32 Å². The van der Waals surface area contributed by atoms with Crippen LogP contribution in [0.25, 0.3) is 0 Å². The zero-order chi connectivity index (χ0) is 20.1. The number of carbonyl (C=O) groups excluding carboxylic acids is 2. The number of rotatable bonds is 7. The second-order valence-electron chi connectivity index (χ2n) is 6.66. The van der Waals surface area contributed by atoms with E-state index >= 15 is 0 Å². The Morgan fingerprint density at radius 3 is 2.29 bits per heavy atom. The molecule has 0 atom stereocenters. The first-order chi connectivity index (χ1) is 13.4. The van der Waals surface area contributed by atoms with E-state index < -0.39 is 15.9 Å². The van der Waals surface area contributed by atoms with Crippen LogP contribution in [0.15, 0.2) is 53.4 Å². The maximum atomic E-state index is 12.8. The van der Waals surface area contributed by atoms with Crippen molar-refractivity contribution in [1.29, 1.82) is 0 Å². The molecule has 0 heterocycles. The second-order valence-corrected chi connectivity index (χ2v) is 8.31. The molecule has 0 radical (unpaired) electrons. The molecule has 28 heavy (non-hydrogen) atoms. The SMILES string of the molecule is CONS(=O)(=O)c1ccc(C(=O)Nc2ccccc2C(=O)C2CCCC2)cc1. The Hall–Kier alpha value is -2.55. The Morgan fingerprint density at radius 2 is 1.64 bits per heavy atom. The number of para-hydroxylation sites is 1. The zero-order valence-corrected chi connectivity index (χ0v) is 16.3. The van der Waals surface area contributed by atoms with E-state index in [1.807, 2.05) is 4.89 Å². The van der Waals surface area contributed by atoms with Crippen molar-refractivity contribution in [3.05, 3.63) is 59.7 Å². The first-order valence-corrected chi connectivity index (χ1v) is 10.5. The fraction of sp³-hybridized carbons (Fsp3) is 0.300. The molecule has 0 aromatic heterocycles. The van der Waals surface area contributed by atoms with Crippen molar-refractivity contribution >= 4 is 27.4 Å². The molecule has 1 amide bonds. The summed E-state index contributed by atoms with van der Waals surface area (Å²) in [7, 11) is -2.59.